The molecule has 64 heavy (non-hydrogen) atoms. The molecule has 0 unspecified atom stereocenters. The van der Waals surface area contributed by atoms with Crippen molar-refractivity contribution in [3.63, 3.8) is 0 Å². The topological polar surface area (TPSA) is 187 Å². The van der Waals surface area contributed by atoms with Crippen LogP contribution in [-0.2, 0) is 24.4 Å². The van der Waals surface area contributed by atoms with E-state index in [1.165, 1.54) is 17.8 Å². The summed E-state index contributed by atoms with van der Waals surface area (Å²) >= 11 is 0. The Kier molecular flexibility index (Phi) is 12.9. The highest BCUT2D eigenvalue weighted by Crippen LogP contribution is 2.32. The number of rotatable bonds is 14. The Hall–Kier alpha value is -6.53. The summed E-state index contributed by atoms with van der Waals surface area (Å²) in [5.41, 5.74) is 1.36. The number of piperazine rings is 1. The number of anilines is 2. The van der Waals surface area contributed by atoms with Crippen molar-refractivity contribution in [3.8, 4) is 16.9 Å². The SMILES string of the molecule is CC[C@H](C)CS(=O)(=O)Nc1ccc(F)c(C(=O)c2c[nH]c3ncc(-c4ccc(N5CCN(C(=O)CN6CCC(c7ccc(OC8=CCC(=O)NC8=O)cc7)CC6)CC5)nc4)cc23)c1F. The van der Waals surface area contributed by atoms with Crippen molar-refractivity contribution in [2.24, 2.45) is 5.92 Å². The Labute approximate surface area is 368 Å². The molecule has 3 amide bonds. The molecule has 3 aliphatic rings. The van der Waals surface area contributed by atoms with E-state index in [0.717, 1.165) is 43.9 Å². The molecule has 3 aromatic heterocycles. The first-order valence-corrected chi connectivity index (χ1v) is 22.9. The van der Waals surface area contributed by atoms with Crippen molar-refractivity contribution in [3.05, 3.63) is 113 Å². The van der Waals surface area contributed by atoms with E-state index in [2.05, 4.69) is 34.8 Å². The fourth-order valence-corrected chi connectivity index (χ4v) is 9.77. The van der Waals surface area contributed by atoms with Crippen molar-refractivity contribution in [2.45, 2.75) is 45.4 Å². The number of imide groups is 1. The normalized spacial score (nSPS) is 17.0. The lowest BCUT2D eigenvalue weighted by Crippen LogP contribution is -2.52. The minimum atomic E-state index is -3.96. The molecule has 0 saturated carbocycles. The van der Waals surface area contributed by atoms with E-state index in [1.54, 1.807) is 25.4 Å². The summed E-state index contributed by atoms with van der Waals surface area (Å²) < 4.78 is 63.9. The fourth-order valence-electron chi connectivity index (χ4n) is 8.21. The van der Waals surface area contributed by atoms with Gasteiger partial charge in [-0.3, -0.25) is 34.1 Å². The first-order valence-electron chi connectivity index (χ1n) is 21.3. The summed E-state index contributed by atoms with van der Waals surface area (Å²) in [5.74, 6) is -2.96. The number of fused-ring (bicyclic) bond motifs is 1. The number of hydrogen-bond donors (Lipinski definition) is 3. The highest BCUT2D eigenvalue weighted by Gasteiger charge is 2.29. The van der Waals surface area contributed by atoms with E-state index in [4.69, 9.17) is 4.74 Å². The highest BCUT2D eigenvalue weighted by molar-refractivity contribution is 7.92. The van der Waals surface area contributed by atoms with Gasteiger partial charge in [0.05, 0.1) is 23.5 Å². The van der Waals surface area contributed by atoms with Gasteiger partial charge in [-0.25, -0.2) is 27.2 Å². The van der Waals surface area contributed by atoms with Crippen LogP contribution in [0.15, 0.2) is 85.0 Å². The first kappa shape index (κ1) is 44.1. The monoisotopic (exact) mass is 894 g/mol. The minimum Gasteiger partial charge on any atom is -0.452 e. The number of carbonyl (C=O) groups is 4. The van der Waals surface area contributed by atoms with Gasteiger partial charge in [-0.2, -0.15) is 0 Å². The number of piperidine rings is 1. The highest BCUT2D eigenvalue weighted by atomic mass is 32.2. The van der Waals surface area contributed by atoms with Crippen LogP contribution in [0.3, 0.4) is 0 Å². The van der Waals surface area contributed by atoms with Crippen LogP contribution in [0.25, 0.3) is 22.2 Å². The Morgan fingerprint density at radius 3 is 2.36 bits per heavy atom. The summed E-state index contributed by atoms with van der Waals surface area (Å²) in [6.45, 7) is 7.86. The standard InChI is InChI=1S/C46H48F2N8O7S/c1-3-28(2)27-64(61,62)53-37-10-9-36(47)42(43(37)48)44(59)35-25-51-45-34(35)22-32(24-50-45)31-6-12-39(49-23-31)55-18-20-56(21-19-55)41(58)26-54-16-14-30(15-17-54)29-4-7-33(8-5-29)63-38-11-13-40(57)52-46(38)60/h4-12,22-25,28,30,53H,3,13-21,26-27H2,1-2H3,(H,50,51)(H,52,57,60)/t28-/m0/s1. The fraction of sp³-hybridized carbons (Fsp3) is 0.348. The summed E-state index contributed by atoms with van der Waals surface area (Å²) in [4.78, 5) is 68.6. The zero-order chi connectivity index (χ0) is 45.1. The molecule has 2 aromatic carbocycles. The number of ketones is 1. The van der Waals surface area contributed by atoms with Gasteiger partial charge in [0.15, 0.2) is 11.6 Å². The molecule has 0 radical (unpaired) electrons. The molecule has 6 heterocycles. The zero-order valence-corrected chi connectivity index (χ0v) is 36.2. The third-order valence-electron chi connectivity index (χ3n) is 12.1. The summed E-state index contributed by atoms with van der Waals surface area (Å²) in [7, 11) is -3.96. The largest absolute Gasteiger partial charge is 0.452 e. The predicted molar refractivity (Wildman–Crippen MR) is 236 cm³/mol. The van der Waals surface area contributed by atoms with E-state index in [0.29, 0.717) is 73.0 Å². The van der Waals surface area contributed by atoms with E-state index in [9.17, 15) is 27.6 Å². The van der Waals surface area contributed by atoms with Crippen molar-refractivity contribution in [1.82, 2.24) is 30.1 Å². The molecule has 0 bridgehead atoms. The average Bonchev–Trinajstić information content (AvgIpc) is 3.72. The molecular weight excluding hydrogens is 847 g/mol. The van der Waals surface area contributed by atoms with Crippen LogP contribution in [0, 0.1) is 17.6 Å². The van der Waals surface area contributed by atoms with Crippen LogP contribution in [0.5, 0.6) is 5.75 Å². The van der Waals surface area contributed by atoms with Crippen LogP contribution in [0.4, 0.5) is 20.3 Å². The van der Waals surface area contributed by atoms with Gasteiger partial charge in [-0.1, -0.05) is 32.4 Å². The molecular formula is C46H48F2N8O7S. The van der Waals surface area contributed by atoms with E-state index in [1.807, 2.05) is 48.2 Å². The molecule has 2 saturated heterocycles. The molecule has 334 valence electrons. The number of amides is 3. The van der Waals surface area contributed by atoms with Crippen molar-refractivity contribution < 1.29 is 41.1 Å². The Morgan fingerprint density at radius 2 is 1.67 bits per heavy atom. The third kappa shape index (κ3) is 9.82. The number of nitrogens with one attached hydrogen (secondary N) is 3. The van der Waals surface area contributed by atoms with Gasteiger partial charge in [0.25, 0.3) is 5.91 Å². The summed E-state index contributed by atoms with van der Waals surface area (Å²) in [5, 5.41) is 2.57. The lowest BCUT2D eigenvalue weighted by molar-refractivity contribution is -0.133. The number of ether oxygens (including phenoxy) is 1. The molecule has 0 aliphatic carbocycles. The van der Waals surface area contributed by atoms with Crippen LogP contribution in [0.1, 0.15) is 66.9 Å². The lowest BCUT2D eigenvalue weighted by atomic mass is 9.89. The summed E-state index contributed by atoms with van der Waals surface area (Å²) in [6, 6.07) is 14.9. The third-order valence-corrected chi connectivity index (χ3v) is 13.6. The number of benzene rings is 2. The molecule has 18 heteroatoms. The van der Waals surface area contributed by atoms with Gasteiger partial charge < -0.3 is 19.5 Å². The maximum Gasteiger partial charge on any atom is 0.293 e. The number of carbonyl (C=O) groups excluding carboxylic acids is 4. The second kappa shape index (κ2) is 18.7. The van der Waals surface area contributed by atoms with E-state index < -0.39 is 44.6 Å². The molecule has 0 spiro atoms. The zero-order valence-electron chi connectivity index (χ0n) is 35.4. The van der Waals surface area contributed by atoms with Crippen LogP contribution < -0.4 is 19.7 Å². The quantitative estimate of drug-likeness (QED) is 0.0910. The number of halogens is 2. The van der Waals surface area contributed by atoms with Crippen molar-refractivity contribution >= 4 is 56.1 Å². The predicted octanol–water partition coefficient (Wildman–Crippen LogP) is 5.76. The van der Waals surface area contributed by atoms with Gasteiger partial charge in [0.2, 0.25) is 27.6 Å². The summed E-state index contributed by atoms with van der Waals surface area (Å²) in [6.07, 6.45) is 8.60. The van der Waals surface area contributed by atoms with Crippen LogP contribution in [0.2, 0.25) is 0 Å². The average molecular weight is 895 g/mol. The first-order chi connectivity index (χ1) is 30.7. The van der Waals surface area contributed by atoms with Gasteiger partial charge >= 0.3 is 0 Å². The number of H-pyrrole nitrogens is 1. The molecule has 2 fully saturated rings. The smallest absolute Gasteiger partial charge is 0.293 e. The van der Waals surface area contributed by atoms with Crippen molar-refractivity contribution in [2.75, 3.05) is 61.2 Å². The van der Waals surface area contributed by atoms with Gasteiger partial charge in [-0.05, 0) is 91.9 Å². The molecule has 5 aromatic rings. The van der Waals surface area contributed by atoms with Gasteiger partial charge in [-0.15, -0.1) is 0 Å². The molecule has 1 atom stereocenters. The van der Waals surface area contributed by atoms with E-state index >= 15 is 8.78 Å². The molecule has 8 rings (SSSR count). The minimum absolute atomic E-state index is 0.0371. The number of hydrogen-bond acceptors (Lipinski definition) is 11. The number of aromatic nitrogens is 3. The number of nitrogens with zero attached hydrogens (tertiary/aromatic N) is 5. The number of aromatic amines is 1. The Balaban J connectivity index is 0.836. The maximum atomic E-state index is 15.7. The second-order valence-electron chi connectivity index (χ2n) is 16.5. The number of pyridine rings is 2. The van der Waals surface area contributed by atoms with Gasteiger partial charge in [0, 0.05) is 73.3 Å². The molecule has 3 aliphatic heterocycles. The van der Waals surface area contributed by atoms with Crippen LogP contribution in [-0.4, -0.2) is 108 Å². The number of likely N-dealkylation sites (tertiary alicyclic amines) is 1. The molecule has 15 nitrogen and oxygen atoms in total. The Morgan fingerprint density at radius 1 is 0.938 bits per heavy atom. The maximum absolute atomic E-state index is 15.7. The van der Waals surface area contributed by atoms with Gasteiger partial charge in [0.1, 0.15) is 23.0 Å². The Bertz CT molecular complexity index is 2730. The van der Waals surface area contributed by atoms with Crippen LogP contribution >= 0.6 is 0 Å². The lowest BCUT2D eigenvalue weighted by Gasteiger charge is -2.37. The molecule has 3 N–H and O–H groups in total. The van der Waals surface area contributed by atoms with E-state index in [-0.39, 0.29) is 41.2 Å². The van der Waals surface area contributed by atoms with Crippen molar-refractivity contribution in [1.29, 1.82) is 0 Å². The second-order valence-corrected chi connectivity index (χ2v) is 18.2. The number of sulfonamides is 1.